The fraction of sp³-hybridized carbons (Fsp3) is 0.550. The van der Waals surface area contributed by atoms with Gasteiger partial charge in [0.15, 0.2) is 0 Å². The summed E-state index contributed by atoms with van der Waals surface area (Å²) in [7, 11) is 0. The molecule has 1 aromatic rings. The number of nitrogens with one attached hydrogen (secondary N) is 1. The molecule has 0 bridgehead atoms. The van der Waals surface area contributed by atoms with Gasteiger partial charge in [-0.3, -0.25) is 14.4 Å². The van der Waals surface area contributed by atoms with Crippen LogP contribution >= 0.6 is 0 Å². The lowest BCUT2D eigenvalue weighted by molar-refractivity contribution is -0.133. The monoisotopic (exact) mass is 374 g/mol. The first-order chi connectivity index (χ1) is 12.9. The molecule has 0 atom stereocenters. The van der Waals surface area contributed by atoms with Crippen molar-refractivity contribution in [1.29, 1.82) is 0 Å². The highest BCUT2D eigenvalue weighted by Crippen LogP contribution is 2.14. The third-order valence-corrected chi connectivity index (χ3v) is 4.89. The van der Waals surface area contributed by atoms with Crippen LogP contribution in [0, 0.1) is 0 Å². The highest BCUT2D eigenvalue weighted by molar-refractivity contribution is 5.97. The molecule has 1 saturated heterocycles. The molecular weight excluding hydrogens is 344 g/mol. The van der Waals surface area contributed by atoms with Gasteiger partial charge in [0.25, 0.3) is 5.91 Å². The van der Waals surface area contributed by atoms with Crippen molar-refractivity contribution in [1.82, 2.24) is 14.7 Å². The van der Waals surface area contributed by atoms with Gasteiger partial charge in [0.1, 0.15) is 0 Å². The molecule has 0 aromatic heterocycles. The zero-order valence-corrected chi connectivity index (χ0v) is 16.5. The number of anilines is 1. The van der Waals surface area contributed by atoms with Gasteiger partial charge < -0.3 is 20.0 Å². The number of amides is 3. The fourth-order valence-corrected chi connectivity index (χ4v) is 3.23. The molecule has 1 aliphatic rings. The Balaban J connectivity index is 1.87. The van der Waals surface area contributed by atoms with Gasteiger partial charge in [-0.05, 0) is 31.3 Å². The van der Waals surface area contributed by atoms with E-state index in [-0.39, 0.29) is 17.7 Å². The molecule has 1 aromatic carbocycles. The molecule has 1 fully saturated rings. The van der Waals surface area contributed by atoms with E-state index in [4.69, 9.17) is 0 Å². The molecule has 0 unspecified atom stereocenters. The predicted octanol–water partition coefficient (Wildman–Crippen LogP) is 1.66. The number of carbonyl (C=O) groups is 3. The van der Waals surface area contributed by atoms with Crippen molar-refractivity contribution >= 4 is 23.4 Å². The average Bonchev–Trinajstić information content (AvgIpc) is 2.68. The topological polar surface area (TPSA) is 73.0 Å². The van der Waals surface area contributed by atoms with Crippen molar-refractivity contribution in [2.45, 2.75) is 27.2 Å². The molecule has 1 N–H and O–H groups in total. The molecule has 7 heteroatoms. The Hall–Kier alpha value is -2.41. The Kier molecular flexibility index (Phi) is 7.79. The number of benzene rings is 1. The Morgan fingerprint density at radius 1 is 1.04 bits per heavy atom. The summed E-state index contributed by atoms with van der Waals surface area (Å²) in [6.07, 6.45) is 0.522. The average molecular weight is 374 g/mol. The highest BCUT2D eigenvalue weighted by Gasteiger charge is 2.25. The Morgan fingerprint density at radius 2 is 1.67 bits per heavy atom. The number of piperazine rings is 1. The lowest BCUT2D eigenvalue weighted by atomic mass is 10.1. The van der Waals surface area contributed by atoms with E-state index in [1.807, 2.05) is 4.90 Å². The molecule has 27 heavy (non-hydrogen) atoms. The summed E-state index contributed by atoms with van der Waals surface area (Å²) in [5, 5.41) is 2.69. The van der Waals surface area contributed by atoms with Gasteiger partial charge in [0.05, 0.1) is 0 Å². The van der Waals surface area contributed by atoms with Crippen molar-refractivity contribution in [3.8, 4) is 0 Å². The standard InChI is InChI=1S/C20H30N4O3/c1-4-22(5-2)10-9-19(26)23-11-13-24(14-12-23)20(27)17-7-6-8-18(15-17)21-16(3)25/h6-8,15H,4-5,9-14H2,1-3H3,(H,21,25). The van der Waals surface area contributed by atoms with Crippen molar-refractivity contribution in [2.24, 2.45) is 0 Å². The predicted molar refractivity (Wildman–Crippen MR) is 106 cm³/mol. The Labute approximate surface area is 161 Å². The second-order valence-electron chi connectivity index (χ2n) is 6.71. The molecule has 148 valence electrons. The first-order valence-electron chi connectivity index (χ1n) is 9.61. The third-order valence-electron chi connectivity index (χ3n) is 4.89. The minimum Gasteiger partial charge on any atom is -0.339 e. The van der Waals surface area contributed by atoms with Gasteiger partial charge in [-0.1, -0.05) is 19.9 Å². The van der Waals surface area contributed by atoms with Crippen LogP contribution in [0.5, 0.6) is 0 Å². The van der Waals surface area contributed by atoms with Crippen LogP contribution in [-0.4, -0.2) is 78.2 Å². The molecule has 0 saturated carbocycles. The maximum absolute atomic E-state index is 12.7. The van der Waals surface area contributed by atoms with Crippen molar-refractivity contribution in [3.63, 3.8) is 0 Å². The SMILES string of the molecule is CCN(CC)CCC(=O)N1CCN(C(=O)c2cccc(NC(C)=O)c2)CC1. The summed E-state index contributed by atoms with van der Waals surface area (Å²) in [5.41, 5.74) is 1.15. The minimum atomic E-state index is -0.170. The van der Waals surface area contributed by atoms with E-state index in [0.717, 1.165) is 19.6 Å². The van der Waals surface area contributed by atoms with Crippen LogP contribution in [0.25, 0.3) is 0 Å². The molecule has 1 heterocycles. The molecule has 7 nitrogen and oxygen atoms in total. The largest absolute Gasteiger partial charge is 0.339 e. The number of hydrogen-bond acceptors (Lipinski definition) is 4. The number of hydrogen-bond donors (Lipinski definition) is 1. The van der Waals surface area contributed by atoms with Crippen LogP contribution < -0.4 is 5.32 Å². The molecule has 2 rings (SSSR count). The summed E-state index contributed by atoms with van der Waals surface area (Å²) in [4.78, 5) is 42.1. The third kappa shape index (κ3) is 6.06. The van der Waals surface area contributed by atoms with Crippen LogP contribution in [0.2, 0.25) is 0 Å². The quantitative estimate of drug-likeness (QED) is 0.788. The van der Waals surface area contributed by atoms with E-state index in [9.17, 15) is 14.4 Å². The zero-order chi connectivity index (χ0) is 19.8. The van der Waals surface area contributed by atoms with Gasteiger partial charge in [-0.2, -0.15) is 0 Å². The van der Waals surface area contributed by atoms with Gasteiger partial charge >= 0.3 is 0 Å². The lowest BCUT2D eigenvalue weighted by Gasteiger charge is -2.35. The van der Waals surface area contributed by atoms with Crippen LogP contribution in [0.3, 0.4) is 0 Å². The molecule has 1 aliphatic heterocycles. The van der Waals surface area contributed by atoms with Gasteiger partial charge in [-0.25, -0.2) is 0 Å². The van der Waals surface area contributed by atoms with Gasteiger partial charge in [-0.15, -0.1) is 0 Å². The maximum Gasteiger partial charge on any atom is 0.254 e. The second kappa shape index (κ2) is 10.1. The van der Waals surface area contributed by atoms with Crippen LogP contribution in [0.15, 0.2) is 24.3 Å². The molecule has 0 radical (unpaired) electrons. The smallest absolute Gasteiger partial charge is 0.254 e. The van der Waals surface area contributed by atoms with Crippen LogP contribution in [0.4, 0.5) is 5.69 Å². The summed E-state index contributed by atoms with van der Waals surface area (Å²) >= 11 is 0. The Morgan fingerprint density at radius 3 is 2.26 bits per heavy atom. The summed E-state index contributed by atoms with van der Waals surface area (Å²) in [6.45, 7) is 10.5. The zero-order valence-electron chi connectivity index (χ0n) is 16.5. The number of carbonyl (C=O) groups excluding carboxylic acids is 3. The van der Waals surface area contributed by atoms with Crippen molar-refractivity contribution < 1.29 is 14.4 Å². The van der Waals surface area contributed by atoms with Gasteiger partial charge in [0, 0.05) is 57.3 Å². The maximum atomic E-state index is 12.7. The minimum absolute atomic E-state index is 0.0718. The molecule has 0 spiro atoms. The summed E-state index contributed by atoms with van der Waals surface area (Å²) in [5.74, 6) is -0.0875. The number of nitrogens with zero attached hydrogens (tertiary/aromatic N) is 3. The fourth-order valence-electron chi connectivity index (χ4n) is 3.23. The van der Waals surface area contributed by atoms with Crippen LogP contribution in [-0.2, 0) is 9.59 Å². The first-order valence-corrected chi connectivity index (χ1v) is 9.61. The van der Waals surface area contributed by atoms with Crippen molar-refractivity contribution in [2.75, 3.05) is 51.1 Å². The van der Waals surface area contributed by atoms with E-state index in [1.54, 1.807) is 29.2 Å². The van der Waals surface area contributed by atoms with E-state index in [2.05, 4.69) is 24.1 Å². The first kappa shape index (κ1) is 20.9. The summed E-state index contributed by atoms with van der Waals surface area (Å²) in [6, 6.07) is 6.94. The molecular formula is C20H30N4O3. The molecule has 0 aliphatic carbocycles. The normalized spacial score (nSPS) is 14.4. The highest BCUT2D eigenvalue weighted by atomic mass is 16.2. The molecule has 3 amide bonds. The van der Waals surface area contributed by atoms with E-state index in [1.165, 1.54) is 6.92 Å². The number of rotatable bonds is 7. The van der Waals surface area contributed by atoms with E-state index >= 15 is 0 Å². The van der Waals surface area contributed by atoms with E-state index in [0.29, 0.717) is 43.9 Å². The second-order valence-corrected chi connectivity index (χ2v) is 6.71. The van der Waals surface area contributed by atoms with Crippen molar-refractivity contribution in [3.05, 3.63) is 29.8 Å². The summed E-state index contributed by atoms with van der Waals surface area (Å²) < 4.78 is 0. The lowest BCUT2D eigenvalue weighted by Crippen LogP contribution is -2.51. The van der Waals surface area contributed by atoms with Crippen LogP contribution in [0.1, 0.15) is 37.6 Å². The van der Waals surface area contributed by atoms with Gasteiger partial charge in [0.2, 0.25) is 11.8 Å². The van der Waals surface area contributed by atoms with E-state index < -0.39 is 0 Å². The Bertz CT molecular complexity index is 665.